The minimum atomic E-state index is -0.527. The average molecular weight is 236 g/mol. The fourth-order valence-corrected chi connectivity index (χ4v) is 2.99. The zero-order chi connectivity index (χ0) is 12.3. The summed E-state index contributed by atoms with van der Waals surface area (Å²) < 4.78 is 0. The first-order chi connectivity index (χ1) is 8.15. The second-order valence-corrected chi connectivity index (χ2v) is 5.11. The van der Waals surface area contributed by atoms with Gasteiger partial charge in [0.15, 0.2) is 0 Å². The second kappa shape index (κ2) is 4.97. The molecular weight excluding hydrogens is 216 g/mol. The van der Waals surface area contributed by atoms with Gasteiger partial charge in [0, 0.05) is 19.0 Å². The summed E-state index contributed by atoms with van der Waals surface area (Å²) in [5.41, 5.74) is -0.527. The van der Waals surface area contributed by atoms with Gasteiger partial charge in [0.25, 0.3) is 0 Å². The Labute approximate surface area is 102 Å². The van der Waals surface area contributed by atoms with Gasteiger partial charge in [0.1, 0.15) is 0 Å². The molecule has 0 spiro atoms. The molecule has 2 fully saturated rings. The standard InChI is InChI=1S/C13H20N2O2/c1-2-8-14-12(16)15-9-7-13(17)6-4-3-5-11(13)10-15/h1,11,17H,3-10H2,(H,14,16)/t11-,13+/m1/s1. The summed E-state index contributed by atoms with van der Waals surface area (Å²) in [4.78, 5) is 13.6. The van der Waals surface area contributed by atoms with Crippen LogP contribution in [-0.2, 0) is 0 Å². The van der Waals surface area contributed by atoms with Crippen molar-refractivity contribution in [3.05, 3.63) is 0 Å². The summed E-state index contributed by atoms with van der Waals surface area (Å²) in [6.45, 7) is 1.56. The van der Waals surface area contributed by atoms with Crippen LogP contribution in [0.1, 0.15) is 32.1 Å². The molecule has 2 atom stereocenters. The molecule has 1 heterocycles. The van der Waals surface area contributed by atoms with Crippen molar-refractivity contribution >= 4 is 6.03 Å². The lowest BCUT2D eigenvalue weighted by atomic mass is 9.71. The van der Waals surface area contributed by atoms with Gasteiger partial charge in [0.05, 0.1) is 12.1 Å². The molecule has 1 aliphatic carbocycles. The third-order valence-corrected chi connectivity index (χ3v) is 4.06. The second-order valence-electron chi connectivity index (χ2n) is 5.11. The monoisotopic (exact) mass is 236 g/mol. The lowest BCUT2D eigenvalue weighted by Crippen LogP contribution is -2.56. The summed E-state index contributed by atoms with van der Waals surface area (Å²) in [6.07, 6.45) is 9.98. The molecular formula is C13H20N2O2. The normalized spacial score (nSPS) is 32.5. The number of nitrogens with one attached hydrogen (secondary N) is 1. The summed E-state index contributed by atoms with van der Waals surface area (Å²) >= 11 is 0. The number of urea groups is 1. The zero-order valence-corrected chi connectivity index (χ0v) is 10.1. The highest BCUT2D eigenvalue weighted by atomic mass is 16.3. The molecule has 2 amide bonds. The maximum Gasteiger partial charge on any atom is 0.318 e. The Morgan fingerprint density at radius 3 is 3.12 bits per heavy atom. The number of aliphatic hydroxyl groups is 1. The van der Waals surface area contributed by atoms with E-state index in [9.17, 15) is 9.90 Å². The van der Waals surface area contributed by atoms with Crippen LogP contribution >= 0.6 is 0 Å². The Hall–Kier alpha value is -1.21. The number of likely N-dealkylation sites (tertiary alicyclic amines) is 1. The zero-order valence-electron chi connectivity index (χ0n) is 10.1. The molecule has 1 saturated heterocycles. The number of hydrogen-bond acceptors (Lipinski definition) is 2. The van der Waals surface area contributed by atoms with E-state index in [0.717, 1.165) is 25.7 Å². The van der Waals surface area contributed by atoms with Crippen LogP contribution in [0.2, 0.25) is 0 Å². The van der Waals surface area contributed by atoms with Gasteiger partial charge in [-0.2, -0.15) is 0 Å². The number of terminal acetylenes is 1. The van der Waals surface area contributed by atoms with Gasteiger partial charge < -0.3 is 15.3 Å². The molecule has 0 aromatic rings. The summed E-state index contributed by atoms with van der Waals surface area (Å²) in [5, 5.41) is 13.2. The van der Waals surface area contributed by atoms with Crippen molar-refractivity contribution in [3.63, 3.8) is 0 Å². The third-order valence-electron chi connectivity index (χ3n) is 4.06. The van der Waals surface area contributed by atoms with Gasteiger partial charge in [-0.1, -0.05) is 18.8 Å². The number of piperidine rings is 1. The number of carbonyl (C=O) groups excluding carboxylic acids is 1. The fraction of sp³-hybridized carbons (Fsp3) is 0.769. The molecule has 0 bridgehead atoms. The van der Waals surface area contributed by atoms with E-state index >= 15 is 0 Å². The largest absolute Gasteiger partial charge is 0.389 e. The average Bonchev–Trinajstić information content (AvgIpc) is 2.34. The maximum atomic E-state index is 11.8. The smallest absolute Gasteiger partial charge is 0.318 e. The topological polar surface area (TPSA) is 52.6 Å². The molecule has 1 saturated carbocycles. The molecule has 17 heavy (non-hydrogen) atoms. The SMILES string of the molecule is C#CCNC(=O)N1CC[C@@]2(O)CCCC[C@@H]2C1. The predicted octanol–water partition coefficient (Wildman–Crippen LogP) is 0.956. The molecule has 0 unspecified atom stereocenters. The fourth-order valence-electron chi connectivity index (χ4n) is 2.99. The molecule has 4 heteroatoms. The Morgan fingerprint density at radius 2 is 2.35 bits per heavy atom. The lowest BCUT2D eigenvalue weighted by Gasteiger charge is -2.47. The first-order valence-electron chi connectivity index (χ1n) is 6.34. The molecule has 0 aromatic carbocycles. The summed E-state index contributed by atoms with van der Waals surface area (Å²) in [6, 6.07) is -0.101. The Bertz CT molecular complexity index is 337. The van der Waals surface area contributed by atoms with Gasteiger partial charge in [-0.15, -0.1) is 6.42 Å². The van der Waals surface area contributed by atoms with Crippen molar-refractivity contribution in [2.75, 3.05) is 19.6 Å². The summed E-state index contributed by atoms with van der Waals surface area (Å²) in [7, 11) is 0. The molecule has 1 aliphatic heterocycles. The number of amides is 2. The lowest BCUT2D eigenvalue weighted by molar-refractivity contribution is -0.0870. The minimum absolute atomic E-state index is 0.101. The van der Waals surface area contributed by atoms with E-state index in [4.69, 9.17) is 6.42 Å². The van der Waals surface area contributed by atoms with Gasteiger partial charge in [0.2, 0.25) is 0 Å². The van der Waals surface area contributed by atoms with Crippen molar-refractivity contribution < 1.29 is 9.90 Å². The maximum absolute atomic E-state index is 11.8. The number of fused-ring (bicyclic) bond motifs is 1. The number of nitrogens with zero attached hydrogens (tertiary/aromatic N) is 1. The molecule has 0 aromatic heterocycles. The first-order valence-corrected chi connectivity index (χ1v) is 6.34. The van der Waals surface area contributed by atoms with Crippen LogP contribution in [0, 0.1) is 18.3 Å². The number of hydrogen-bond donors (Lipinski definition) is 2. The Balaban J connectivity index is 1.93. The van der Waals surface area contributed by atoms with Gasteiger partial charge in [-0.3, -0.25) is 0 Å². The minimum Gasteiger partial charge on any atom is -0.389 e. The van der Waals surface area contributed by atoms with Crippen LogP contribution in [0.15, 0.2) is 0 Å². The quantitative estimate of drug-likeness (QED) is 0.666. The molecule has 2 aliphatic rings. The van der Waals surface area contributed by atoms with Crippen molar-refractivity contribution in [1.29, 1.82) is 0 Å². The number of rotatable bonds is 1. The number of carbonyl (C=O) groups is 1. The third kappa shape index (κ3) is 2.55. The van der Waals surface area contributed by atoms with Crippen LogP contribution in [0.4, 0.5) is 4.79 Å². The highest BCUT2D eigenvalue weighted by Gasteiger charge is 2.43. The first kappa shape index (κ1) is 12.3. The van der Waals surface area contributed by atoms with E-state index in [0.29, 0.717) is 19.5 Å². The van der Waals surface area contributed by atoms with E-state index in [1.54, 1.807) is 4.90 Å². The molecule has 94 valence electrons. The highest BCUT2D eigenvalue weighted by molar-refractivity contribution is 5.74. The van der Waals surface area contributed by atoms with Gasteiger partial charge >= 0.3 is 6.03 Å². The molecule has 2 N–H and O–H groups in total. The summed E-state index contributed by atoms with van der Waals surface area (Å²) in [5.74, 6) is 2.63. The van der Waals surface area contributed by atoms with Gasteiger partial charge in [-0.05, 0) is 19.3 Å². The van der Waals surface area contributed by atoms with Crippen LogP contribution in [0.25, 0.3) is 0 Å². The van der Waals surface area contributed by atoms with Crippen LogP contribution in [-0.4, -0.2) is 41.3 Å². The van der Waals surface area contributed by atoms with E-state index in [1.165, 1.54) is 0 Å². The predicted molar refractivity (Wildman–Crippen MR) is 65.3 cm³/mol. The van der Waals surface area contributed by atoms with Crippen molar-refractivity contribution in [2.45, 2.75) is 37.7 Å². The van der Waals surface area contributed by atoms with Gasteiger partial charge in [-0.25, -0.2) is 4.79 Å². The highest BCUT2D eigenvalue weighted by Crippen LogP contribution is 2.39. The van der Waals surface area contributed by atoms with Crippen molar-refractivity contribution in [1.82, 2.24) is 10.2 Å². The molecule has 2 rings (SSSR count). The van der Waals surface area contributed by atoms with Crippen LogP contribution in [0.3, 0.4) is 0 Å². The molecule has 4 nitrogen and oxygen atoms in total. The van der Waals surface area contributed by atoms with Crippen molar-refractivity contribution in [2.24, 2.45) is 5.92 Å². The van der Waals surface area contributed by atoms with Crippen LogP contribution < -0.4 is 5.32 Å². The Kier molecular flexibility index (Phi) is 3.58. The molecule has 0 radical (unpaired) electrons. The van der Waals surface area contributed by atoms with E-state index in [2.05, 4.69) is 11.2 Å². The van der Waals surface area contributed by atoms with E-state index < -0.39 is 5.60 Å². The Morgan fingerprint density at radius 1 is 1.53 bits per heavy atom. The van der Waals surface area contributed by atoms with Crippen LogP contribution in [0.5, 0.6) is 0 Å². The van der Waals surface area contributed by atoms with E-state index in [-0.39, 0.29) is 18.5 Å². The van der Waals surface area contributed by atoms with E-state index in [1.807, 2.05) is 0 Å². The van der Waals surface area contributed by atoms with Crippen molar-refractivity contribution in [3.8, 4) is 12.3 Å².